The second-order valence-electron chi connectivity index (χ2n) is 5.73. The highest BCUT2D eigenvalue weighted by molar-refractivity contribution is 6.06. The van der Waals surface area contributed by atoms with Gasteiger partial charge in [-0.3, -0.25) is 9.59 Å². The number of nitrogens with one attached hydrogen (secondary N) is 1. The highest BCUT2D eigenvalue weighted by Gasteiger charge is 2.14. The maximum Gasteiger partial charge on any atom is 0.298 e. The van der Waals surface area contributed by atoms with E-state index in [-0.39, 0.29) is 17.8 Å². The fourth-order valence-electron chi connectivity index (χ4n) is 2.65. The van der Waals surface area contributed by atoms with Crippen LogP contribution in [0, 0.1) is 12.7 Å². The van der Waals surface area contributed by atoms with Gasteiger partial charge in [0.2, 0.25) is 0 Å². The molecule has 0 aliphatic rings. The lowest BCUT2D eigenvalue weighted by Crippen LogP contribution is -2.13. The molecular weight excluding hydrogens is 333 g/mol. The number of rotatable bonds is 5. The summed E-state index contributed by atoms with van der Waals surface area (Å²) in [5.74, 6) is -0.798. The highest BCUT2D eigenvalue weighted by atomic mass is 19.1. The molecule has 0 spiro atoms. The molecule has 5 heteroatoms. The van der Waals surface area contributed by atoms with Gasteiger partial charge in [0, 0.05) is 11.3 Å². The van der Waals surface area contributed by atoms with Gasteiger partial charge in [0.1, 0.15) is 11.6 Å². The number of carbonyl (C=O) groups excluding carboxylic acids is 2. The van der Waals surface area contributed by atoms with E-state index in [1.54, 1.807) is 24.3 Å². The molecule has 0 heterocycles. The predicted molar refractivity (Wildman–Crippen MR) is 97.7 cm³/mol. The summed E-state index contributed by atoms with van der Waals surface area (Å²) in [6, 6.07) is 18.4. The van der Waals surface area contributed by atoms with Crippen LogP contribution in [-0.2, 0) is 4.79 Å². The molecule has 0 saturated carbocycles. The fraction of sp³-hybridized carbons (Fsp3) is 0.0476. The molecule has 130 valence electrons. The third-order valence-electron chi connectivity index (χ3n) is 3.86. The van der Waals surface area contributed by atoms with Crippen molar-refractivity contribution in [2.45, 2.75) is 6.92 Å². The first kappa shape index (κ1) is 17.4. The molecular formula is C21H16FNO3. The van der Waals surface area contributed by atoms with E-state index in [2.05, 4.69) is 5.32 Å². The molecule has 0 bridgehead atoms. The summed E-state index contributed by atoms with van der Waals surface area (Å²) in [5.41, 5.74) is 2.75. The lowest BCUT2D eigenvalue weighted by atomic mass is 10.0. The van der Waals surface area contributed by atoms with Gasteiger partial charge in [-0.2, -0.15) is 0 Å². The molecule has 0 aromatic heterocycles. The van der Waals surface area contributed by atoms with Crippen LogP contribution in [-0.4, -0.2) is 12.4 Å². The first-order chi connectivity index (χ1) is 12.6. The van der Waals surface area contributed by atoms with Crippen LogP contribution in [0.2, 0.25) is 0 Å². The molecule has 0 radical (unpaired) electrons. The van der Waals surface area contributed by atoms with Crippen LogP contribution < -0.4 is 10.1 Å². The monoisotopic (exact) mass is 349 g/mol. The zero-order chi connectivity index (χ0) is 18.5. The van der Waals surface area contributed by atoms with Crippen molar-refractivity contribution in [3.05, 3.63) is 83.7 Å². The summed E-state index contributed by atoms with van der Waals surface area (Å²) in [5, 5.41) is 2.61. The summed E-state index contributed by atoms with van der Waals surface area (Å²) >= 11 is 0. The Labute approximate surface area is 150 Å². The van der Waals surface area contributed by atoms with E-state index in [4.69, 9.17) is 4.74 Å². The van der Waals surface area contributed by atoms with Crippen molar-refractivity contribution in [3.8, 4) is 16.9 Å². The number of para-hydroxylation sites is 1. The molecule has 0 saturated heterocycles. The first-order valence-corrected chi connectivity index (χ1v) is 7.96. The van der Waals surface area contributed by atoms with Gasteiger partial charge >= 0.3 is 0 Å². The van der Waals surface area contributed by atoms with Gasteiger partial charge in [-0.1, -0.05) is 42.0 Å². The van der Waals surface area contributed by atoms with Gasteiger partial charge in [0.05, 0.1) is 5.56 Å². The Morgan fingerprint density at radius 1 is 1.04 bits per heavy atom. The van der Waals surface area contributed by atoms with Crippen LogP contribution in [0.25, 0.3) is 11.1 Å². The number of hydrogen-bond donors (Lipinski definition) is 1. The Bertz CT molecular complexity index is 969. The first-order valence-electron chi connectivity index (χ1n) is 7.96. The zero-order valence-electron chi connectivity index (χ0n) is 14.0. The Morgan fingerprint density at radius 3 is 2.58 bits per heavy atom. The number of amides is 1. The smallest absolute Gasteiger partial charge is 0.298 e. The third kappa shape index (κ3) is 3.78. The van der Waals surface area contributed by atoms with E-state index in [0.29, 0.717) is 11.3 Å². The summed E-state index contributed by atoms with van der Waals surface area (Å²) in [6.45, 7) is 2.19. The molecule has 1 N–H and O–H groups in total. The number of aryl methyl sites for hydroxylation is 1. The number of halogens is 1. The Hall–Kier alpha value is -3.47. The molecule has 1 amide bonds. The van der Waals surface area contributed by atoms with Crippen LogP contribution in [0.3, 0.4) is 0 Å². The van der Waals surface area contributed by atoms with Gasteiger partial charge in [-0.15, -0.1) is 0 Å². The van der Waals surface area contributed by atoms with Gasteiger partial charge in [0.25, 0.3) is 12.4 Å². The van der Waals surface area contributed by atoms with Crippen LogP contribution in [0.15, 0.2) is 66.7 Å². The van der Waals surface area contributed by atoms with E-state index in [1.165, 1.54) is 18.2 Å². The lowest BCUT2D eigenvalue weighted by Gasteiger charge is -2.10. The SMILES string of the molecule is Cc1cccc(-c2ccc(NC(=O)c3ccccc3OC=O)cc2F)c1. The minimum absolute atomic E-state index is 0.136. The summed E-state index contributed by atoms with van der Waals surface area (Å²) in [4.78, 5) is 22.9. The topological polar surface area (TPSA) is 55.4 Å². The number of ether oxygens (including phenoxy) is 1. The maximum absolute atomic E-state index is 14.5. The van der Waals surface area contributed by atoms with E-state index >= 15 is 0 Å². The van der Waals surface area contributed by atoms with Crippen LogP contribution in [0.5, 0.6) is 5.75 Å². The molecule has 0 aliphatic carbocycles. The van der Waals surface area contributed by atoms with Crippen molar-refractivity contribution in [2.24, 2.45) is 0 Å². The van der Waals surface area contributed by atoms with Crippen molar-refractivity contribution in [1.29, 1.82) is 0 Å². The van der Waals surface area contributed by atoms with Gasteiger partial charge in [0.15, 0.2) is 0 Å². The van der Waals surface area contributed by atoms with Crippen molar-refractivity contribution >= 4 is 18.1 Å². The molecule has 0 aliphatic heterocycles. The zero-order valence-corrected chi connectivity index (χ0v) is 14.0. The fourth-order valence-corrected chi connectivity index (χ4v) is 2.65. The van der Waals surface area contributed by atoms with E-state index < -0.39 is 11.7 Å². The summed E-state index contributed by atoms with van der Waals surface area (Å²) in [6.07, 6.45) is 0. The van der Waals surface area contributed by atoms with Crippen LogP contribution >= 0.6 is 0 Å². The van der Waals surface area contributed by atoms with Gasteiger partial charge < -0.3 is 10.1 Å². The Morgan fingerprint density at radius 2 is 1.85 bits per heavy atom. The van der Waals surface area contributed by atoms with Gasteiger partial charge in [-0.05, 0) is 42.8 Å². The molecule has 3 rings (SSSR count). The van der Waals surface area contributed by atoms with Crippen LogP contribution in [0.1, 0.15) is 15.9 Å². The molecule has 0 unspecified atom stereocenters. The summed E-state index contributed by atoms with van der Waals surface area (Å²) < 4.78 is 19.3. The largest absolute Gasteiger partial charge is 0.428 e. The number of anilines is 1. The predicted octanol–water partition coefficient (Wildman–Crippen LogP) is 4.59. The van der Waals surface area contributed by atoms with Crippen LogP contribution in [0.4, 0.5) is 10.1 Å². The van der Waals surface area contributed by atoms with Crippen molar-refractivity contribution < 1.29 is 18.7 Å². The summed E-state index contributed by atoms with van der Waals surface area (Å²) in [7, 11) is 0. The van der Waals surface area contributed by atoms with Crippen molar-refractivity contribution in [3.63, 3.8) is 0 Å². The van der Waals surface area contributed by atoms with E-state index in [0.717, 1.165) is 11.1 Å². The quantitative estimate of drug-likeness (QED) is 0.686. The van der Waals surface area contributed by atoms with Crippen molar-refractivity contribution in [1.82, 2.24) is 0 Å². The molecule has 26 heavy (non-hydrogen) atoms. The molecule has 3 aromatic rings. The van der Waals surface area contributed by atoms with Crippen molar-refractivity contribution in [2.75, 3.05) is 5.32 Å². The number of benzene rings is 3. The molecule has 0 fully saturated rings. The highest BCUT2D eigenvalue weighted by Crippen LogP contribution is 2.27. The maximum atomic E-state index is 14.5. The molecule has 4 nitrogen and oxygen atoms in total. The standard InChI is InChI=1S/C21H16FNO3/c1-14-5-4-6-15(11-14)17-10-9-16(12-19(17)22)23-21(25)18-7-2-3-8-20(18)26-13-24/h2-13H,1H3,(H,23,25). The lowest BCUT2D eigenvalue weighted by molar-refractivity contribution is -0.120. The average Bonchev–Trinajstić information content (AvgIpc) is 2.62. The average molecular weight is 349 g/mol. The van der Waals surface area contributed by atoms with E-state index in [1.807, 2.05) is 31.2 Å². The number of hydrogen-bond acceptors (Lipinski definition) is 3. The van der Waals surface area contributed by atoms with Gasteiger partial charge in [-0.25, -0.2) is 4.39 Å². The Kier molecular flexibility index (Phi) is 5.08. The second-order valence-corrected chi connectivity index (χ2v) is 5.73. The normalized spacial score (nSPS) is 10.2. The molecule has 0 atom stereocenters. The minimum Gasteiger partial charge on any atom is -0.428 e. The number of carbonyl (C=O) groups is 2. The molecule has 3 aromatic carbocycles. The van der Waals surface area contributed by atoms with E-state index in [9.17, 15) is 14.0 Å². The third-order valence-corrected chi connectivity index (χ3v) is 3.86. The Balaban J connectivity index is 1.84. The minimum atomic E-state index is -0.495. The second kappa shape index (κ2) is 7.61.